The summed E-state index contributed by atoms with van der Waals surface area (Å²) in [6.07, 6.45) is 0.426. The van der Waals surface area contributed by atoms with Gasteiger partial charge in [-0.2, -0.15) is 0 Å². The zero-order valence-electron chi connectivity index (χ0n) is 12.5. The number of nitrogens with one attached hydrogen (secondary N) is 1. The van der Waals surface area contributed by atoms with Gasteiger partial charge >= 0.3 is 0 Å². The highest BCUT2D eigenvalue weighted by Crippen LogP contribution is 2.19. The third kappa shape index (κ3) is 3.19. The van der Waals surface area contributed by atoms with E-state index in [0.29, 0.717) is 12.5 Å². The molecule has 0 radical (unpaired) electrons. The van der Waals surface area contributed by atoms with E-state index in [1.165, 1.54) is 0 Å². The lowest BCUT2D eigenvalue weighted by atomic mass is 10.1. The molecule has 1 N–H and O–H groups in total. The van der Waals surface area contributed by atoms with Gasteiger partial charge in [0.1, 0.15) is 5.75 Å². The number of hydrogen-bond donors (Lipinski definition) is 1. The van der Waals surface area contributed by atoms with Crippen molar-refractivity contribution in [3.63, 3.8) is 0 Å². The average Bonchev–Trinajstić information content (AvgIpc) is 2.47. The van der Waals surface area contributed by atoms with E-state index in [2.05, 4.69) is 10.2 Å². The lowest BCUT2D eigenvalue weighted by Crippen LogP contribution is -2.62. The Morgan fingerprint density at radius 1 is 1.24 bits per heavy atom. The van der Waals surface area contributed by atoms with Gasteiger partial charge in [-0.25, -0.2) is 0 Å². The minimum atomic E-state index is 0.200. The van der Waals surface area contributed by atoms with Crippen LogP contribution in [0.1, 0.15) is 5.56 Å². The van der Waals surface area contributed by atoms with Crippen molar-refractivity contribution in [3.05, 3.63) is 29.8 Å². The Hall–Kier alpha value is -1.59. The summed E-state index contributed by atoms with van der Waals surface area (Å²) in [7, 11) is 1.65. The van der Waals surface area contributed by atoms with Crippen LogP contribution in [0.15, 0.2) is 24.3 Å². The molecule has 0 unspecified atom stereocenters. The molecule has 0 atom stereocenters. The molecule has 3 rings (SSSR count). The number of carbonyl (C=O) groups is 1. The number of methoxy groups -OCH3 is 1. The Morgan fingerprint density at radius 3 is 2.57 bits per heavy atom. The molecular formula is C16H23N3O2. The highest BCUT2D eigenvalue weighted by Gasteiger charge is 2.29. The molecule has 2 fully saturated rings. The van der Waals surface area contributed by atoms with Gasteiger partial charge < -0.3 is 15.0 Å². The Bertz CT molecular complexity index is 494. The number of ether oxygens (including phenoxy) is 1. The second kappa shape index (κ2) is 6.45. The normalized spacial score (nSPS) is 20.1. The molecule has 114 valence electrons. The summed E-state index contributed by atoms with van der Waals surface area (Å²) in [5.41, 5.74) is 0.968. The van der Waals surface area contributed by atoms with Gasteiger partial charge in [0.15, 0.2) is 0 Å². The number of benzene rings is 1. The summed E-state index contributed by atoms with van der Waals surface area (Å²) in [6, 6.07) is 8.43. The van der Waals surface area contributed by atoms with Crippen molar-refractivity contribution in [3.8, 4) is 5.75 Å². The van der Waals surface area contributed by atoms with E-state index in [1.54, 1.807) is 7.11 Å². The number of nitrogens with zero attached hydrogens (tertiary/aromatic N) is 2. The monoisotopic (exact) mass is 289 g/mol. The van der Waals surface area contributed by atoms with Gasteiger partial charge in [0.05, 0.1) is 13.5 Å². The predicted octanol–water partition coefficient (Wildman–Crippen LogP) is 0.354. The van der Waals surface area contributed by atoms with Gasteiger partial charge in [-0.15, -0.1) is 0 Å². The van der Waals surface area contributed by atoms with E-state index in [0.717, 1.165) is 50.6 Å². The third-order valence-electron chi connectivity index (χ3n) is 4.48. The van der Waals surface area contributed by atoms with Crippen LogP contribution in [0, 0.1) is 0 Å². The van der Waals surface area contributed by atoms with Gasteiger partial charge in [0, 0.05) is 50.9 Å². The smallest absolute Gasteiger partial charge is 0.227 e. The van der Waals surface area contributed by atoms with E-state index < -0.39 is 0 Å². The molecule has 5 nitrogen and oxygen atoms in total. The summed E-state index contributed by atoms with van der Waals surface area (Å²) in [4.78, 5) is 16.9. The number of rotatable bonds is 4. The van der Waals surface area contributed by atoms with Gasteiger partial charge in [-0.3, -0.25) is 9.69 Å². The van der Waals surface area contributed by atoms with Gasteiger partial charge in [0.2, 0.25) is 5.91 Å². The van der Waals surface area contributed by atoms with E-state index in [-0.39, 0.29) is 5.91 Å². The minimum Gasteiger partial charge on any atom is -0.496 e. The highest BCUT2D eigenvalue weighted by molar-refractivity contribution is 5.79. The zero-order chi connectivity index (χ0) is 14.7. The van der Waals surface area contributed by atoms with Crippen LogP contribution in [-0.2, 0) is 11.2 Å². The molecule has 2 aliphatic rings. The Morgan fingerprint density at radius 2 is 1.95 bits per heavy atom. The first-order valence-electron chi connectivity index (χ1n) is 7.62. The van der Waals surface area contributed by atoms with Crippen molar-refractivity contribution in [2.24, 2.45) is 0 Å². The van der Waals surface area contributed by atoms with Crippen molar-refractivity contribution in [1.82, 2.24) is 15.1 Å². The van der Waals surface area contributed by atoms with Crippen LogP contribution >= 0.6 is 0 Å². The molecule has 1 aromatic rings. The van der Waals surface area contributed by atoms with Gasteiger partial charge in [-0.1, -0.05) is 18.2 Å². The van der Waals surface area contributed by atoms with Crippen molar-refractivity contribution in [2.75, 3.05) is 46.4 Å². The molecule has 0 saturated carbocycles. The zero-order valence-corrected chi connectivity index (χ0v) is 12.5. The summed E-state index contributed by atoms with van der Waals surface area (Å²) in [6.45, 7) is 5.84. The predicted molar refractivity (Wildman–Crippen MR) is 81.5 cm³/mol. The fraction of sp³-hybridized carbons (Fsp3) is 0.562. The molecule has 1 aromatic carbocycles. The molecule has 0 aromatic heterocycles. The van der Waals surface area contributed by atoms with E-state index in [9.17, 15) is 4.79 Å². The van der Waals surface area contributed by atoms with Crippen LogP contribution < -0.4 is 10.1 Å². The Kier molecular flexibility index (Phi) is 4.41. The number of hydrogen-bond acceptors (Lipinski definition) is 4. The standard InChI is InChI=1S/C16H23N3O2/c1-21-15-5-3-2-4-13(15)10-16(20)19-8-6-18(7-9-19)14-11-17-12-14/h2-5,14,17H,6-12H2,1H3. The van der Waals surface area contributed by atoms with Crippen molar-refractivity contribution < 1.29 is 9.53 Å². The van der Waals surface area contributed by atoms with Crippen LogP contribution in [0.2, 0.25) is 0 Å². The minimum absolute atomic E-state index is 0.200. The molecular weight excluding hydrogens is 266 g/mol. The van der Waals surface area contributed by atoms with Crippen LogP contribution in [0.25, 0.3) is 0 Å². The number of carbonyl (C=O) groups excluding carboxylic acids is 1. The maximum Gasteiger partial charge on any atom is 0.227 e. The summed E-state index contributed by atoms with van der Waals surface area (Å²) in [5.74, 6) is 0.996. The van der Waals surface area contributed by atoms with Crippen molar-refractivity contribution >= 4 is 5.91 Å². The van der Waals surface area contributed by atoms with Gasteiger partial charge in [0.25, 0.3) is 0 Å². The van der Waals surface area contributed by atoms with Crippen LogP contribution in [0.5, 0.6) is 5.75 Å². The summed E-state index contributed by atoms with van der Waals surface area (Å²) in [5, 5.41) is 3.30. The molecule has 0 aliphatic carbocycles. The number of piperazine rings is 1. The molecule has 0 bridgehead atoms. The summed E-state index contributed by atoms with van der Waals surface area (Å²) >= 11 is 0. The lowest BCUT2D eigenvalue weighted by molar-refractivity contribution is -0.132. The molecule has 2 saturated heterocycles. The Labute approximate surface area is 125 Å². The maximum atomic E-state index is 12.4. The molecule has 2 aliphatic heterocycles. The fourth-order valence-electron chi connectivity index (χ4n) is 2.99. The molecule has 5 heteroatoms. The van der Waals surface area contributed by atoms with Crippen molar-refractivity contribution in [1.29, 1.82) is 0 Å². The SMILES string of the molecule is COc1ccccc1CC(=O)N1CCN(C2CNC2)CC1. The first-order valence-corrected chi connectivity index (χ1v) is 7.62. The van der Waals surface area contributed by atoms with Crippen LogP contribution in [-0.4, -0.2) is 68.1 Å². The first-order chi connectivity index (χ1) is 10.3. The van der Waals surface area contributed by atoms with E-state index in [4.69, 9.17) is 4.74 Å². The largest absolute Gasteiger partial charge is 0.496 e. The topological polar surface area (TPSA) is 44.8 Å². The number of amides is 1. The third-order valence-corrected chi connectivity index (χ3v) is 4.48. The molecule has 2 heterocycles. The van der Waals surface area contributed by atoms with E-state index >= 15 is 0 Å². The Balaban J connectivity index is 1.54. The quantitative estimate of drug-likeness (QED) is 0.869. The van der Waals surface area contributed by atoms with Crippen LogP contribution in [0.3, 0.4) is 0 Å². The molecule has 1 amide bonds. The fourth-order valence-corrected chi connectivity index (χ4v) is 2.99. The second-order valence-corrected chi connectivity index (χ2v) is 5.72. The van der Waals surface area contributed by atoms with Crippen molar-refractivity contribution in [2.45, 2.75) is 12.5 Å². The van der Waals surface area contributed by atoms with Crippen LogP contribution in [0.4, 0.5) is 0 Å². The second-order valence-electron chi connectivity index (χ2n) is 5.72. The molecule has 0 spiro atoms. The van der Waals surface area contributed by atoms with Gasteiger partial charge in [-0.05, 0) is 6.07 Å². The summed E-state index contributed by atoms with van der Waals surface area (Å²) < 4.78 is 5.32. The number of para-hydroxylation sites is 1. The highest BCUT2D eigenvalue weighted by atomic mass is 16.5. The van der Waals surface area contributed by atoms with E-state index in [1.807, 2.05) is 29.2 Å². The maximum absolute atomic E-state index is 12.4. The first kappa shape index (κ1) is 14.4. The lowest BCUT2D eigenvalue weighted by Gasteiger charge is -2.43. The average molecular weight is 289 g/mol. The molecule has 21 heavy (non-hydrogen) atoms.